The van der Waals surface area contributed by atoms with Gasteiger partial charge in [-0.25, -0.2) is 4.79 Å². The molecule has 1 heterocycles. The molecule has 136 valence electrons. The highest BCUT2D eigenvalue weighted by Crippen LogP contribution is 2.34. The van der Waals surface area contributed by atoms with Crippen LogP contribution in [0.2, 0.25) is 0 Å². The molecule has 26 heavy (non-hydrogen) atoms. The van der Waals surface area contributed by atoms with Gasteiger partial charge in [-0.2, -0.15) is 0 Å². The van der Waals surface area contributed by atoms with E-state index >= 15 is 0 Å². The molecule has 0 saturated carbocycles. The van der Waals surface area contributed by atoms with Gasteiger partial charge in [0.15, 0.2) is 0 Å². The van der Waals surface area contributed by atoms with E-state index in [0.717, 1.165) is 29.5 Å². The molecule has 0 aliphatic heterocycles. The minimum Gasteiger partial charge on any atom is -0.497 e. The van der Waals surface area contributed by atoms with Crippen LogP contribution in [0.25, 0.3) is 0 Å². The lowest BCUT2D eigenvalue weighted by atomic mass is 9.82. The number of carbonyl (C=O) groups excluding carboxylic acids is 1. The minimum absolute atomic E-state index is 0.223. The van der Waals surface area contributed by atoms with Gasteiger partial charge in [0.25, 0.3) is 0 Å². The van der Waals surface area contributed by atoms with Crippen LogP contribution in [0.5, 0.6) is 5.75 Å². The number of aliphatic carboxylic acids is 1. The molecule has 0 spiro atoms. The Hall–Kier alpha value is -2.89. The second kappa shape index (κ2) is 7.99. The maximum absolute atomic E-state index is 12.8. The highest BCUT2D eigenvalue weighted by Gasteiger charge is 2.30. The molecule has 2 N–H and O–H groups in total. The fourth-order valence-electron chi connectivity index (χ4n) is 3.40. The summed E-state index contributed by atoms with van der Waals surface area (Å²) in [6, 6.07) is 8.30. The summed E-state index contributed by atoms with van der Waals surface area (Å²) in [5, 5.41) is 12.2. The van der Waals surface area contributed by atoms with Crippen molar-refractivity contribution in [2.75, 3.05) is 7.11 Å². The number of fused-ring (bicyclic) bond motifs is 1. The number of rotatable bonds is 6. The van der Waals surface area contributed by atoms with Crippen LogP contribution in [0, 0.1) is 0 Å². The van der Waals surface area contributed by atoms with Crippen LogP contribution in [0.15, 0.2) is 42.7 Å². The zero-order chi connectivity index (χ0) is 18.5. The van der Waals surface area contributed by atoms with E-state index in [1.807, 2.05) is 18.2 Å². The molecule has 0 radical (unpaired) electrons. The van der Waals surface area contributed by atoms with E-state index in [9.17, 15) is 14.7 Å². The van der Waals surface area contributed by atoms with Crippen molar-refractivity contribution in [3.05, 3.63) is 59.4 Å². The Balaban J connectivity index is 1.77. The van der Waals surface area contributed by atoms with Crippen molar-refractivity contribution >= 4 is 11.9 Å². The Labute approximate surface area is 152 Å². The molecule has 2 aromatic rings. The maximum Gasteiger partial charge on any atom is 0.326 e. The largest absolute Gasteiger partial charge is 0.497 e. The van der Waals surface area contributed by atoms with E-state index in [2.05, 4.69) is 10.3 Å². The van der Waals surface area contributed by atoms with E-state index in [1.165, 1.54) is 0 Å². The summed E-state index contributed by atoms with van der Waals surface area (Å²) >= 11 is 0. The predicted octanol–water partition coefficient (Wildman–Crippen LogP) is 2.32. The lowest BCUT2D eigenvalue weighted by Gasteiger charge is -2.26. The molecular formula is C20H22N2O4. The van der Waals surface area contributed by atoms with Crippen molar-refractivity contribution < 1.29 is 19.4 Å². The minimum atomic E-state index is -1.04. The Bertz CT molecular complexity index is 792. The molecule has 0 bridgehead atoms. The zero-order valence-corrected chi connectivity index (χ0v) is 14.6. The third-order valence-corrected chi connectivity index (χ3v) is 4.79. The van der Waals surface area contributed by atoms with Crippen LogP contribution in [-0.2, 0) is 22.4 Å². The number of aromatic nitrogens is 1. The van der Waals surface area contributed by atoms with E-state index < -0.39 is 12.0 Å². The molecule has 1 aliphatic rings. The first kappa shape index (κ1) is 17.9. The number of hydrogen-bond acceptors (Lipinski definition) is 4. The number of ether oxygens (including phenoxy) is 1. The van der Waals surface area contributed by atoms with Gasteiger partial charge in [0.1, 0.15) is 11.8 Å². The summed E-state index contributed by atoms with van der Waals surface area (Å²) in [6.45, 7) is 0. The first-order chi connectivity index (χ1) is 12.6. The lowest BCUT2D eigenvalue weighted by Crippen LogP contribution is -2.44. The van der Waals surface area contributed by atoms with E-state index in [1.54, 1.807) is 31.6 Å². The molecular weight excluding hydrogens is 332 g/mol. The van der Waals surface area contributed by atoms with Crippen LogP contribution in [0.4, 0.5) is 0 Å². The van der Waals surface area contributed by atoms with Crippen molar-refractivity contribution in [3.8, 4) is 5.75 Å². The Morgan fingerprint density at radius 2 is 2.08 bits per heavy atom. The fraction of sp³-hybridized carbons (Fsp3) is 0.350. The third kappa shape index (κ3) is 4.02. The molecule has 1 amide bonds. The number of amides is 1. The summed E-state index contributed by atoms with van der Waals surface area (Å²) in [5.74, 6) is -0.944. The molecule has 3 rings (SSSR count). The molecule has 6 heteroatoms. The number of carboxylic acid groups (broad SMARTS) is 1. The molecule has 0 fully saturated rings. The van der Waals surface area contributed by atoms with Gasteiger partial charge in [-0.05, 0) is 60.2 Å². The number of carbonyl (C=O) groups is 2. The summed E-state index contributed by atoms with van der Waals surface area (Å²) in [7, 11) is 1.59. The quantitative estimate of drug-likeness (QED) is 0.831. The summed E-state index contributed by atoms with van der Waals surface area (Å²) in [5.41, 5.74) is 2.87. The Morgan fingerprint density at radius 3 is 2.77 bits per heavy atom. The number of nitrogens with zero attached hydrogens (tertiary/aromatic N) is 1. The topological polar surface area (TPSA) is 88.5 Å². The van der Waals surface area contributed by atoms with Gasteiger partial charge in [0.05, 0.1) is 13.0 Å². The smallest absolute Gasteiger partial charge is 0.326 e. The van der Waals surface area contributed by atoms with Crippen LogP contribution in [0.1, 0.15) is 35.4 Å². The third-order valence-electron chi connectivity index (χ3n) is 4.79. The lowest BCUT2D eigenvalue weighted by molar-refractivity contribution is -0.142. The van der Waals surface area contributed by atoms with Gasteiger partial charge < -0.3 is 15.2 Å². The van der Waals surface area contributed by atoms with Crippen LogP contribution >= 0.6 is 0 Å². The number of benzene rings is 1. The molecule has 2 atom stereocenters. The number of carboxylic acids is 1. The average Bonchev–Trinajstić information content (AvgIpc) is 2.67. The molecule has 0 saturated heterocycles. The van der Waals surface area contributed by atoms with E-state index in [0.29, 0.717) is 12.2 Å². The van der Waals surface area contributed by atoms with Gasteiger partial charge >= 0.3 is 5.97 Å². The molecule has 2 unspecified atom stereocenters. The van der Waals surface area contributed by atoms with Crippen LogP contribution in [0.3, 0.4) is 0 Å². The van der Waals surface area contributed by atoms with Crippen LogP contribution < -0.4 is 10.1 Å². The monoisotopic (exact) mass is 354 g/mol. The van der Waals surface area contributed by atoms with Gasteiger partial charge in [0, 0.05) is 18.8 Å². The van der Waals surface area contributed by atoms with Crippen molar-refractivity contribution in [2.24, 2.45) is 0 Å². The standard InChI is InChI=1S/C20H22N2O4/c1-26-15-6-5-14-3-2-4-16(17(14)12-15)19(23)22-18(20(24)25)11-13-7-9-21-10-8-13/h5-10,12,16,18H,2-4,11H2,1H3,(H,22,23)(H,24,25). The van der Waals surface area contributed by atoms with Crippen LogP contribution in [-0.4, -0.2) is 35.1 Å². The number of nitrogens with one attached hydrogen (secondary N) is 1. The number of aryl methyl sites for hydroxylation is 1. The molecule has 1 aromatic carbocycles. The SMILES string of the molecule is COc1ccc2c(c1)C(C(=O)NC(Cc1ccncc1)C(=O)O)CCC2. The van der Waals surface area contributed by atoms with Gasteiger partial charge in [-0.3, -0.25) is 9.78 Å². The maximum atomic E-state index is 12.8. The molecule has 6 nitrogen and oxygen atoms in total. The van der Waals surface area contributed by atoms with Crippen molar-refractivity contribution in [2.45, 2.75) is 37.6 Å². The first-order valence-electron chi connectivity index (χ1n) is 8.67. The molecule has 1 aliphatic carbocycles. The highest BCUT2D eigenvalue weighted by atomic mass is 16.5. The van der Waals surface area contributed by atoms with E-state index in [4.69, 9.17) is 4.74 Å². The van der Waals surface area contributed by atoms with Crippen molar-refractivity contribution in [3.63, 3.8) is 0 Å². The Morgan fingerprint density at radius 1 is 1.31 bits per heavy atom. The van der Waals surface area contributed by atoms with Gasteiger partial charge in [-0.1, -0.05) is 6.07 Å². The van der Waals surface area contributed by atoms with Gasteiger partial charge in [-0.15, -0.1) is 0 Å². The summed E-state index contributed by atoms with van der Waals surface area (Å²) < 4.78 is 5.27. The normalized spacial score (nSPS) is 17.0. The number of hydrogen-bond donors (Lipinski definition) is 2. The summed E-state index contributed by atoms with van der Waals surface area (Å²) in [4.78, 5) is 28.4. The Kier molecular flexibility index (Phi) is 5.51. The predicted molar refractivity (Wildman–Crippen MR) is 96.2 cm³/mol. The second-order valence-electron chi connectivity index (χ2n) is 6.47. The average molecular weight is 354 g/mol. The molecule has 1 aromatic heterocycles. The van der Waals surface area contributed by atoms with Gasteiger partial charge in [0.2, 0.25) is 5.91 Å². The van der Waals surface area contributed by atoms with Crippen molar-refractivity contribution in [1.82, 2.24) is 10.3 Å². The second-order valence-corrected chi connectivity index (χ2v) is 6.47. The fourth-order valence-corrected chi connectivity index (χ4v) is 3.40. The first-order valence-corrected chi connectivity index (χ1v) is 8.67. The zero-order valence-electron chi connectivity index (χ0n) is 14.6. The summed E-state index contributed by atoms with van der Waals surface area (Å²) in [6.07, 6.45) is 5.97. The van der Waals surface area contributed by atoms with E-state index in [-0.39, 0.29) is 18.2 Å². The van der Waals surface area contributed by atoms with Crippen molar-refractivity contribution in [1.29, 1.82) is 0 Å². The highest BCUT2D eigenvalue weighted by molar-refractivity contribution is 5.88. The number of pyridine rings is 1. The number of methoxy groups -OCH3 is 1.